The SMILES string of the molecule is O=S(=O)(Nc1cc(OC[C@H](O)CO)nc(SCc2cccc(F)c2F)n1)N1CCC1. The molecule has 0 aliphatic carbocycles. The molecule has 1 fully saturated rings. The standard InChI is InChI=1S/C17H20F2N4O5S2/c18-13-4-1-3-11(16(13)19)10-29-17-20-14(22-30(26,27)23-5-2-6-23)7-15(21-17)28-9-12(25)8-24/h1,3-4,7,12,24-25H,2,5-6,8-10H2,(H,20,21,22)/t12-/m1/s1. The van der Waals surface area contributed by atoms with Crippen LogP contribution in [-0.2, 0) is 16.0 Å². The minimum Gasteiger partial charge on any atom is -0.475 e. The molecule has 0 radical (unpaired) electrons. The lowest BCUT2D eigenvalue weighted by atomic mass is 10.2. The molecular weight excluding hydrogens is 442 g/mol. The minimum absolute atomic E-state index is 0.00930. The molecule has 13 heteroatoms. The number of aromatic nitrogens is 2. The summed E-state index contributed by atoms with van der Waals surface area (Å²) < 4.78 is 60.7. The second-order valence-corrected chi connectivity index (χ2v) is 9.00. The molecule has 1 aromatic carbocycles. The number of halogens is 2. The number of rotatable bonds is 10. The van der Waals surface area contributed by atoms with Crippen molar-refractivity contribution in [1.82, 2.24) is 14.3 Å². The van der Waals surface area contributed by atoms with E-state index in [9.17, 15) is 22.3 Å². The summed E-state index contributed by atoms with van der Waals surface area (Å²) in [7, 11) is -3.80. The van der Waals surface area contributed by atoms with Gasteiger partial charge in [0.25, 0.3) is 0 Å². The first-order valence-corrected chi connectivity index (χ1v) is 11.4. The van der Waals surface area contributed by atoms with E-state index in [2.05, 4.69) is 14.7 Å². The number of aliphatic hydroxyl groups is 2. The first-order valence-electron chi connectivity index (χ1n) is 8.93. The number of nitrogens with one attached hydrogen (secondary N) is 1. The Morgan fingerprint density at radius 2 is 2.07 bits per heavy atom. The number of nitrogens with zero attached hydrogens (tertiary/aromatic N) is 3. The zero-order valence-corrected chi connectivity index (χ0v) is 17.3. The fourth-order valence-electron chi connectivity index (χ4n) is 2.36. The molecule has 1 saturated heterocycles. The van der Waals surface area contributed by atoms with E-state index in [1.807, 2.05) is 0 Å². The third-order valence-electron chi connectivity index (χ3n) is 4.09. The lowest BCUT2D eigenvalue weighted by molar-refractivity contribution is 0.0518. The van der Waals surface area contributed by atoms with Gasteiger partial charge in [0.05, 0.1) is 6.61 Å². The molecule has 0 saturated carbocycles. The van der Waals surface area contributed by atoms with Crippen molar-refractivity contribution in [2.75, 3.05) is 31.0 Å². The summed E-state index contributed by atoms with van der Waals surface area (Å²) in [5.74, 6) is -2.10. The summed E-state index contributed by atoms with van der Waals surface area (Å²) in [6.45, 7) is -0.0196. The van der Waals surface area contributed by atoms with Crippen LogP contribution >= 0.6 is 11.8 Å². The smallest absolute Gasteiger partial charge is 0.302 e. The van der Waals surface area contributed by atoms with Crippen LogP contribution in [0.4, 0.5) is 14.6 Å². The fraction of sp³-hybridized carbons (Fsp3) is 0.412. The first kappa shape index (κ1) is 22.6. The summed E-state index contributed by atoms with van der Waals surface area (Å²) in [6.07, 6.45) is -0.392. The van der Waals surface area contributed by atoms with E-state index in [4.69, 9.17) is 9.84 Å². The second-order valence-electron chi connectivity index (χ2n) is 6.38. The summed E-state index contributed by atoms with van der Waals surface area (Å²) in [5, 5.41) is 18.4. The average Bonchev–Trinajstić information content (AvgIpc) is 2.65. The molecule has 2 aromatic rings. The Balaban J connectivity index is 1.80. The van der Waals surface area contributed by atoms with Crippen molar-refractivity contribution >= 4 is 27.8 Å². The number of ether oxygens (including phenoxy) is 1. The largest absolute Gasteiger partial charge is 0.475 e. The van der Waals surface area contributed by atoms with Crippen molar-refractivity contribution < 1.29 is 32.1 Å². The Labute approximate surface area is 176 Å². The number of anilines is 1. The highest BCUT2D eigenvalue weighted by Gasteiger charge is 2.28. The molecule has 164 valence electrons. The average molecular weight is 463 g/mol. The van der Waals surface area contributed by atoms with Gasteiger partial charge in [0, 0.05) is 30.5 Å². The Morgan fingerprint density at radius 3 is 2.73 bits per heavy atom. The van der Waals surface area contributed by atoms with Crippen LogP contribution < -0.4 is 9.46 Å². The molecule has 30 heavy (non-hydrogen) atoms. The van der Waals surface area contributed by atoms with Crippen LogP contribution in [0.3, 0.4) is 0 Å². The number of aliphatic hydroxyl groups excluding tert-OH is 2. The monoisotopic (exact) mass is 462 g/mol. The van der Waals surface area contributed by atoms with Crippen molar-refractivity contribution in [2.24, 2.45) is 0 Å². The molecule has 2 heterocycles. The summed E-state index contributed by atoms with van der Waals surface area (Å²) in [5.41, 5.74) is 0.0910. The molecule has 0 spiro atoms. The zero-order valence-electron chi connectivity index (χ0n) is 15.7. The fourth-order valence-corrected chi connectivity index (χ4v) is 4.42. The van der Waals surface area contributed by atoms with Crippen molar-refractivity contribution in [3.8, 4) is 5.88 Å². The maximum Gasteiger partial charge on any atom is 0.302 e. The molecule has 0 amide bonds. The molecule has 1 aromatic heterocycles. The Bertz CT molecular complexity index is 992. The lowest BCUT2D eigenvalue weighted by Crippen LogP contribution is -2.45. The van der Waals surface area contributed by atoms with Gasteiger partial charge in [-0.25, -0.2) is 13.8 Å². The van der Waals surface area contributed by atoms with Crippen molar-refractivity contribution in [3.63, 3.8) is 0 Å². The van der Waals surface area contributed by atoms with Crippen LogP contribution in [0.5, 0.6) is 5.88 Å². The van der Waals surface area contributed by atoms with Gasteiger partial charge in [-0.3, -0.25) is 4.72 Å². The van der Waals surface area contributed by atoms with Gasteiger partial charge >= 0.3 is 10.2 Å². The second kappa shape index (κ2) is 9.83. The quantitative estimate of drug-likeness (QED) is 0.355. The third-order valence-corrected chi connectivity index (χ3v) is 6.50. The summed E-state index contributed by atoms with van der Waals surface area (Å²) >= 11 is 0.950. The van der Waals surface area contributed by atoms with E-state index in [-0.39, 0.29) is 34.8 Å². The molecule has 1 aliphatic heterocycles. The molecular formula is C17H20F2N4O5S2. The van der Waals surface area contributed by atoms with Crippen LogP contribution in [0.25, 0.3) is 0 Å². The van der Waals surface area contributed by atoms with Gasteiger partial charge in [0.1, 0.15) is 18.5 Å². The molecule has 3 N–H and O–H groups in total. The van der Waals surface area contributed by atoms with Crippen LogP contribution in [0.1, 0.15) is 12.0 Å². The van der Waals surface area contributed by atoms with Gasteiger partial charge in [-0.1, -0.05) is 23.9 Å². The molecule has 1 aliphatic rings. The van der Waals surface area contributed by atoms with Crippen LogP contribution in [0.15, 0.2) is 29.4 Å². The molecule has 0 unspecified atom stereocenters. The van der Waals surface area contributed by atoms with Gasteiger partial charge in [-0.2, -0.15) is 17.7 Å². The van der Waals surface area contributed by atoms with E-state index in [1.165, 1.54) is 22.5 Å². The third kappa shape index (κ3) is 5.76. The van der Waals surface area contributed by atoms with Crippen molar-refractivity contribution in [3.05, 3.63) is 41.5 Å². The van der Waals surface area contributed by atoms with E-state index in [0.717, 1.165) is 24.2 Å². The van der Waals surface area contributed by atoms with Gasteiger partial charge in [0.2, 0.25) is 5.88 Å². The predicted molar refractivity (Wildman–Crippen MR) is 105 cm³/mol. The molecule has 0 bridgehead atoms. The van der Waals surface area contributed by atoms with Crippen LogP contribution in [-0.4, -0.2) is 65.3 Å². The highest BCUT2D eigenvalue weighted by atomic mass is 32.2. The lowest BCUT2D eigenvalue weighted by Gasteiger charge is -2.29. The van der Waals surface area contributed by atoms with Crippen molar-refractivity contribution in [1.29, 1.82) is 0 Å². The highest BCUT2D eigenvalue weighted by Crippen LogP contribution is 2.26. The van der Waals surface area contributed by atoms with Crippen LogP contribution in [0.2, 0.25) is 0 Å². The Morgan fingerprint density at radius 1 is 1.30 bits per heavy atom. The van der Waals surface area contributed by atoms with E-state index >= 15 is 0 Å². The van der Waals surface area contributed by atoms with E-state index < -0.39 is 34.6 Å². The molecule has 1 atom stereocenters. The van der Waals surface area contributed by atoms with Crippen molar-refractivity contribution in [2.45, 2.75) is 23.4 Å². The van der Waals surface area contributed by atoms with Gasteiger partial charge in [-0.15, -0.1) is 0 Å². The molecule has 3 rings (SSSR count). The number of hydrogen-bond donors (Lipinski definition) is 3. The first-order chi connectivity index (χ1) is 14.3. The maximum absolute atomic E-state index is 13.9. The zero-order chi connectivity index (χ0) is 21.7. The van der Waals surface area contributed by atoms with Crippen LogP contribution in [0, 0.1) is 11.6 Å². The molecule has 9 nitrogen and oxygen atoms in total. The number of hydrogen-bond acceptors (Lipinski definition) is 8. The Hall–Kier alpha value is -2.06. The van der Waals surface area contributed by atoms with E-state index in [0.29, 0.717) is 13.1 Å². The maximum atomic E-state index is 13.9. The van der Waals surface area contributed by atoms with Gasteiger partial charge in [0.15, 0.2) is 16.8 Å². The van der Waals surface area contributed by atoms with E-state index in [1.54, 1.807) is 0 Å². The van der Waals surface area contributed by atoms with Gasteiger partial charge in [-0.05, 0) is 12.5 Å². The number of thioether (sulfide) groups is 1. The summed E-state index contributed by atoms with van der Waals surface area (Å²) in [4.78, 5) is 8.19. The summed E-state index contributed by atoms with van der Waals surface area (Å²) in [6, 6.07) is 5.02. The van der Waals surface area contributed by atoms with Gasteiger partial charge < -0.3 is 14.9 Å². The normalized spacial score (nSPS) is 15.5. The number of benzene rings is 1. The topological polar surface area (TPSA) is 125 Å². The predicted octanol–water partition coefficient (Wildman–Crippen LogP) is 1.14. The highest BCUT2D eigenvalue weighted by molar-refractivity contribution is 7.98. The minimum atomic E-state index is -3.80. The Kier molecular flexibility index (Phi) is 7.41.